The molecule has 33 heavy (non-hydrogen) atoms. The molecule has 1 aromatic rings. The van der Waals surface area contributed by atoms with Crippen LogP contribution in [0.3, 0.4) is 0 Å². The van der Waals surface area contributed by atoms with E-state index in [0.29, 0.717) is 25.0 Å². The molecule has 2 fully saturated rings. The van der Waals surface area contributed by atoms with Crippen LogP contribution in [0.15, 0.2) is 29.8 Å². The third-order valence-corrected chi connectivity index (χ3v) is 9.26. The number of hydrogen-bond donors (Lipinski definition) is 2. The van der Waals surface area contributed by atoms with E-state index in [9.17, 15) is 15.0 Å². The standard InChI is InChI=1S/C25H31ClO6S/c1-24(9-10-24)14-30-23(29)16-11-25(31-18(12-27)19(13-28)32-25)8-7-20(16)33-21-6-5-15-3-2-4-17(26)22(15)21/h2-4,11,18-21,27-28H,5-10,12-14H2,1H3/t18-,19-,20?,21?/m0/s1. The lowest BCUT2D eigenvalue weighted by Crippen LogP contribution is -2.38. The smallest absolute Gasteiger partial charge is 0.335 e. The molecular weight excluding hydrogens is 464 g/mol. The molecule has 0 aromatic heterocycles. The summed E-state index contributed by atoms with van der Waals surface area (Å²) in [4.78, 5) is 13.3. The second-order valence-electron chi connectivity index (χ2n) is 9.98. The van der Waals surface area contributed by atoms with Crippen LogP contribution in [0.1, 0.15) is 55.4 Å². The van der Waals surface area contributed by atoms with Crippen LogP contribution in [0.25, 0.3) is 0 Å². The summed E-state index contributed by atoms with van der Waals surface area (Å²) in [6.45, 7) is 2.02. The van der Waals surface area contributed by atoms with Gasteiger partial charge < -0.3 is 24.4 Å². The van der Waals surface area contributed by atoms with Gasteiger partial charge in [0, 0.05) is 27.4 Å². The average molecular weight is 495 g/mol. The largest absolute Gasteiger partial charge is 0.462 e. The van der Waals surface area contributed by atoms with E-state index >= 15 is 0 Å². The zero-order valence-corrected chi connectivity index (χ0v) is 20.4. The van der Waals surface area contributed by atoms with Gasteiger partial charge >= 0.3 is 5.97 Å². The predicted molar refractivity (Wildman–Crippen MR) is 126 cm³/mol. The Balaban J connectivity index is 1.40. The first-order chi connectivity index (χ1) is 15.9. The molecule has 1 aromatic carbocycles. The normalized spacial score (nSPS) is 31.3. The number of benzene rings is 1. The number of aliphatic hydroxyl groups excluding tert-OH is 2. The van der Waals surface area contributed by atoms with E-state index in [1.807, 2.05) is 12.1 Å². The SMILES string of the molecule is CC1(COC(=O)C2=CC3(CCC2SC2CCc4cccc(Cl)c42)O[C@@H](CO)[C@H](CO)O3)CC1. The van der Waals surface area contributed by atoms with E-state index in [-0.39, 0.29) is 35.1 Å². The molecule has 4 aliphatic rings. The van der Waals surface area contributed by atoms with Crippen LogP contribution in [0.2, 0.25) is 5.02 Å². The molecule has 0 radical (unpaired) electrons. The highest BCUT2D eigenvalue weighted by atomic mass is 35.5. The van der Waals surface area contributed by atoms with Crippen molar-refractivity contribution in [2.75, 3.05) is 19.8 Å². The fraction of sp³-hybridized carbons (Fsp3) is 0.640. The van der Waals surface area contributed by atoms with Crippen molar-refractivity contribution in [1.82, 2.24) is 0 Å². The molecular formula is C25H31ClO6S. The van der Waals surface area contributed by atoms with Gasteiger partial charge in [0.15, 0.2) is 5.79 Å². The van der Waals surface area contributed by atoms with E-state index in [1.165, 1.54) is 11.1 Å². The third-order valence-electron chi connectivity index (χ3n) is 7.31. The van der Waals surface area contributed by atoms with Crippen LogP contribution in [0.4, 0.5) is 0 Å². The number of esters is 1. The lowest BCUT2D eigenvalue weighted by Gasteiger charge is -2.35. The lowest BCUT2D eigenvalue weighted by molar-refractivity contribution is -0.155. The molecule has 2 N–H and O–H groups in total. The monoisotopic (exact) mass is 494 g/mol. The average Bonchev–Trinajstić information content (AvgIpc) is 3.25. The van der Waals surface area contributed by atoms with Gasteiger partial charge in [-0.25, -0.2) is 4.79 Å². The molecule has 1 aliphatic heterocycles. The summed E-state index contributed by atoms with van der Waals surface area (Å²) in [6.07, 6.45) is 5.79. The Morgan fingerprint density at radius 1 is 1.15 bits per heavy atom. The highest BCUT2D eigenvalue weighted by Gasteiger charge is 2.50. The molecule has 1 saturated heterocycles. The molecule has 5 rings (SSSR count). The van der Waals surface area contributed by atoms with Crippen molar-refractivity contribution in [2.45, 2.75) is 73.9 Å². The molecule has 1 spiro atoms. The van der Waals surface area contributed by atoms with E-state index in [2.05, 4.69) is 13.0 Å². The van der Waals surface area contributed by atoms with E-state index in [0.717, 1.165) is 30.7 Å². The van der Waals surface area contributed by atoms with Gasteiger partial charge in [-0.15, -0.1) is 11.8 Å². The van der Waals surface area contributed by atoms with Gasteiger partial charge in [-0.2, -0.15) is 0 Å². The maximum atomic E-state index is 13.3. The summed E-state index contributed by atoms with van der Waals surface area (Å²) in [5.74, 6) is -1.46. The first-order valence-corrected chi connectivity index (χ1v) is 13.1. The quantitative estimate of drug-likeness (QED) is 0.555. The molecule has 4 atom stereocenters. The van der Waals surface area contributed by atoms with Gasteiger partial charge in [-0.05, 0) is 55.4 Å². The van der Waals surface area contributed by atoms with Crippen molar-refractivity contribution in [3.63, 3.8) is 0 Å². The molecule has 0 amide bonds. The zero-order valence-electron chi connectivity index (χ0n) is 18.8. The number of carbonyl (C=O) groups excluding carboxylic acids is 1. The molecule has 2 unspecified atom stereocenters. The number of thioether (sulfide) groups is 1. The van der Waals surface area contributed by atoms with Gasteiger partial charge in [0.05, 0.1) is 25.4 Å². The number of ether oxygens (including phenoxy) is 3. The first-order valence-electron chi connectivity index (χ1n) is 11.8. The van der Waals surface area contributed by atoms with Crippen LogP contribution in [0, 0.1) is 5.41 Å². The van der Waals surface area contributed by atoms with Crippen molar-refractivity contribution in [3.05, 3.63) is 46.0 Å². The summed E-state index contributed by atoms with van der Waals surface area (Å²) in [6, 6.07) is 6.05. The molecule has 180 valence electrons. The fourth-order valence-electron chi connectivity index (χ4n) is 5.02. The Kier molecular flexibility index (Phi) is 6.57. The lowest BCUT2D eigenvalue weighted by atomic mass is 9.94. The van der Waals surface area contributed by atoms with Gasteiger partial charge in [0.2, 0.25) is 0 Å². The minimum atomic E-state index is -1.12. The number of fused-ring (bicyclic) bond motifs is 1. The van der Waals surface area contributed by atoms with Crippen LogP contribution in [-0.2, 0) is 25.4 Å². The summed E-state index contributed by atoms with van der Waals surface area (Å²) in [7, 11) is 0. The summed E-state index contributed by atoms with van der Waals surface area (Å²) >= 11 is 8.31. The second-order valence-corrected chi connectivity index (χ2v) is 11.8. The highest BCUT2D eigenvalue weighted by molar-refractivity contribution is 8.00. The van der Waals surface area contributed by atoms with Crippen molar-refractivity contribution >= 4 is 29.3 Å². The molecule has 6 nitrogen and oxygen atoms in total. The summed E-state index contributed by atoms with van der Waals surface area (Å²) in [5.41, 5.74) is 3.09. The molecule has 8 heteroatoms. The van der Waals surface area contributed by atoms with Crippen molar-refractivity contribution in [2.24, 2.45) is 5.41 Å². The van der Waals surface area contributed by atoms with E-state index in [4.69, 9.17) is 25.8 Å². The maximum Gasteiger partial charge on any atom is 0.335 e. The highest BCUT2D eigenvalue weighted by Crippen LogP contribution is 2.51. The van der Waals surface area contributed by atoms with Crippen molar-refractivity contribution < 1.29 is 29.2 Å². The van der Waals surface area contributed by atoms with Gasteiger partial charge in [-0.1, -0.05) is 30.7 Å². The zero-order chi connectivity index (χ0) is 23.2. The molecule has 3 aliphatic carbocycles. The van der Waals surface area contributed by atoms with Crippen molar-refractivity contribution in [1.29, 1.82) is 0 Å². The van der Waals surface area contributed by atoms with E-state index < -0.39 is 18.0 Å². The molecule has 0 bridgehead atoms. The minimum absolute atomic E-state index is 0.0738. The molecule has 1 heterocycles. The fourth-order valence-corrected chi connectivity index (χ4v) is 7.04. The number of hydrogen-bond acceptors (Lipinski definition) is 7. The van der Waals surface area contributed by atoms with Crippen LogP contribution in [0.5, 0.6) is 0 Å². The Bertz CT molecular complexity index is 933. The topological polar surface area (TPSA) is 85.2 Å². The number of aliphatic hydroxyl groups is 2. The number of carbonyl (C=O) groups is 1. The Morgan fingerprint density at radius 3 is 2.55 bits per heavy atom. The first kappa shape index (κ1) is 23.6. The van der Waals surface area contributed by atoms with Gasteiger partial charge in [-0.3, -0.25) is 0 Å². The van der Waals surface area contributed by atoms with Crippen molar-refractivity contribution in [3.8, 4) is 0 Å². The van der Waals surface area contributed by atoms with Crippen LogP contribution >= 0.6 is 23.4 Å². The predicted octanol–water partition coefficient (Wildman–Crippen LogP) is 3.96. The Morgan fingerprint density at radius 2 is 1.88 bits per heavy atom. The number of halogens is 1. The number of aryl methyl sites for hydroxylation is 1. The second kappa shape index (κ2) is 9.17. The van der Waals surface area contributed by atoms with Gasteiger partial charge in [0.25, 0.3) is 0 Å². The van der Waals surface area contributed by atoms with E-state index in [1.54, 1.807) is 17.8 Å². The summed E-state index contributed by atoms with van der Waals surface area (Å²) < 4.78 is 17.8. The van der Waals surface area contributed by atoms with Crippen LogP contribution < -0.4 is 0 Å². The molecule has 1 saturated carbocycles. The Hall–Kier alpha value is -1.09. The maximum absolute atomic E-state index is 13.3. The number of rotatable bonds is 7. The summed E-state index contributed by atoms with van der Waals surface area (Å²) in [5, 5.41) is 20.2. The Labute approximate surface area is 203 Å². The van der Waals surface area contributed by atoms with Crippen LogP contribution in [-0.4, -0.2) is 59.2 Å². The van der Waals surface area contributed by atoms with Gasteiger partial charge in [0.1, 0.15) is 12.2 Å². The minimum Gasteiger partial charge on any atom is -0.462 e. The third kappa shape index (κ3) is 4.73.